The summed E-state index contributed by atoms with van der Waals surface area (Å²) in [4.78, 5) is 2.16. The van der Waals surface area contributed by atoms with Crippen LogP contribution in [0.5, 0.6) is 0 Å². The molecular formula is C27H32FNO. The largest absolute Gasteiger partial charge is 0.494 e. The molecule has 1 heterocycles. The van der Waals surface area contributed by atoms with Crippen molar-refractivity contribution in [2.75, 3.05) is 25.6 Å². The number of likely N-dealkylation sites (N-methyl/N-ethyl adjacent to an activating group) is 1. The summed E-state index contributed by atoms with van der Waals surface area (Å²) >= 11 is 0. The standard InChI is InChI=1S/C27H32FNO/c1-8-10-24(30-7)26(28)21-15-23-18(4)25(20-13-11-17(3)12-14-20)22(9-2)19(5)27(23)29(6)16-21/h8,10-15H,9,16H2,1-7H3/b10-8-,26-24-. The highest BCUT2D eigenvalue weighted by Crippen LogP contribution is 2.43. The number of benzene rings is 2. The third-order valence-electron chi connectivity index (χ3n) is 5.98. The van der Waals surface area contributed by atoms with Gasteiger partial charge in [-0.2, -0.15) is 0 Å². The summed E-state index contributed by atoms with van der Waals surface area (Å²) in [6.45, 7) is 11.0. The maximum absolute atomic E-state index is 15.3. The number of rotatable bonds is 5. The van der Waals surface area contributed by atoms with Crippen molar-refractivity contribution in [1.29, 1.82) is 0 Å². The smallest absolute Gasteiger partial charge is 0.170 e. The van der Waals surface area contributed by atoms with E-state index >= 15 is 4.39 Å². The third kappa shape index (κ3) is 3.81. The van der Waals surface area contributed by atoms with Crippen LogP contribution in [0, 0.1) is 20.8 Å². The highest BCUT2D eigenvalue weighted by atomic mass is 19.1. The van der Waals surface area contributed by atoms with Crippen LogP contribution < -0.4 is 4.90 Å². The number of hydrogen-bond donors (Lipinski definition) is 0. The summed E-state index contributed by atoms with van der Waals surface area (Å²) in [7, 11) is 3.55. The average molecular weight is 406 g/mol. The van der Waals surface area contributed by atoms with E-state index in [1.807, 2.05) is 20.0 Å². The van der Waals surface area contributed by atoms with Gasteiger partial charge in [-0.3, -0.25) is 0 Å². The first-order valence-electron chi connectivity index (χ1n) is 10.6. The Kier molecular flexibility index (Phi) is 6.50. The molecule has 0 aromatic heterocycles. The first kappa shape index (κ1) is 21.9. The van der Waals surface area contributed by atoms with Crippen molar-refractivity contribution in [3.8, 4) is 11.1 Å². The summed E-state index contributed by atoms with van der Waals surface area (Å²) in [5.74, 6) is -0.0412. The van der Waals surface area contributed by atoms with Gasteiger partial charge in [0.25, 0.3) is 0 Å². The molecule has 158 valence electrons. The molecule has 0 amide bonds. The number of hydrogen-bond acceptors (Lipinski definition) is 2. The first-order valence-corrected chi connectivity index (χ1v) is 10.6. The van der Waals surface area contributed by atoms with E-state index < -0.39 is 0 Å². The molecule has 2 aromatic carbocycles. The summed E-state index contributed by atoms with van der Waals surface area (Å²) in [6.07, 6.45) is 6.42. The number of nitrogens with zero attached hydrogens (tertiary/aromatic N) is 1. The Bertz CT molecular complexity index is 1040. The molecule has 3 rings (SSSR count). The topological polar surface area (TPSA) is 12.5 Å². The summed E-state index contributed by atoms with van der Waals surface area (Å²) in [6, 6.07) is 8.69. The second-order valence-electron chi connectivity index (χ2n) is 7.99. The molecule has 2 aromatic rings. The second-order valence-corrected chi connectivity index (χ2v) is 7.99. The molecule has 0 spiro atoms. The number of methoxy groups -OCH3 is 1. The highest BCUT2D eigenvalue weighted by Gasteiger charge is 2.26. The number of halogens is 1. The van der Waals surface area contributed by atoms with E-state index in [2.05, 4.69) is 56.9 Å². The minimum atomic E-state index is -0.304. The summed E-state index contributed by atoms with van der Waals surface area (Å²) in [5.41, 5.74) is 10.5. The average Bonchev–Trinajstić information content (AvgIpc) is 2.74. The maximum Gasteiger partial charge on any atom is 0.170 e. The number of allylic oxidation sites excluding steroid dienone is 2. The highest BCUT2D eigenvalue weighted by molar-refractivity contribution is 5.88. The lowest BCUT2D eigenvalue weighted by molar-refractivity contribution is 0.292. The van der Waals surface area contributed by atoms with E-state index in [9.17, 15) is 0 Å². The molecule has 0 unspecified atom stereocenters. The Morgan fingerprint density at radius 2 is 1.80 bits per heavy atom. The van der Waals surface area contributed by atoms with Crippen molar-refractivity contribution in [1.82, 2.24) is 0 Å². The predicted octanol–water partition coefficient (Wildman–Crippen LogP) is 7.08. The minimum absolute atomic E-state index is 0.263. The van der Waals surface area contributed by atoms with Crippen molar-refractivity contribution >= 4 is 11.8 Å². The molecule has 0 saturated heterocycles. The third-order valence-corrected chi connectivity index (χ3v) is 5.98. The normalized spacial score (nSPS) is 14.5. The molecule has 0 radical (unpaired) electrons. The Hall–Kier alpha value is -2.81. The second kappa shape index (κ2) is 8.91. The van der Waals surface area contributed by atoms with Crippen molar-refractivity contribution in [3.05, 3.63) is 81.4 Å². The summed E-state index contributed by atoms with van der Waals surface area (Å²) < 4.78 is 20.5. The molecule has 0 bridgehead atoms. The quantitative estimate of drug-likeness (QED) is 0.389. The van der Waals surface area contributed by atoms with E-state index in [1.165, 1.54) is 46.2 Å². The predicted molar refractivity (Wildman–Crippen MR) is 127 cm³/mol. The maximum atomic E-state index is 15.3. The van der Waals surface area contributed by atoms with E-state index in [0.717, 1.165) is 12.0 Å². The Labute approximate surface area is 180 Å². The van der Waals surface area contributed by atoms with Crippen LogP contribution in [0.2, 0.25) is 0 Å². The molecule has 0 fully saturated rings. The van der Waals surface area contributed by atoms with Crippen LogP contribution >= 0.6 is 0 Å². The fourth-order valence-electron chi connectivity index (χ4n) is 4.52. The molecule has 2 nitrogen and oxygen atoms in total. The molecular weight excluding hydrogens is 373 g/mol. The Balaban J connectivity index is 2.30. The van der Waals surface area contributed by atoms with Gasteiger partial charge in [-0.25, -0.2) is 4.39 Å². The van der Waals surface area contributed by atoms with Crippen LogP contribution in [-0.2, 0) is 11.2 Å². The van der Waals surface area contributed by atoms with Crippen LogP contribution in [0.3, 0.4) is 0 Å². The zero-order valence-corrected chi connectivity index (χ0v) is 19.2. The van der Waals surface area contributed by atoms with Crippen LogP contribution in [0.4, 0.5) is 10.1 Å². The van der Waals surface area contributed by atoms with E-state index in [1.54, 1.807) is 12.2 Å². The molecule has 0 atom stereocenters. The fraction of sp³-hybridized carbons (Fsp3) is 0.333. The van der Waals surface area contributed by atoms with Crippen LogP contribution in [0.1, 0.15) is 41.7 Å². The monoisotopic (exact) mass is 405 g/mol. The van der Waals surface area contributed by atoms with Gasteiger partial charge in [0.05, 0.1) is 7.11 Å². The Morgan fingerprint density at radius 1 is 1.13 bits per heavy atom. The van der Waals surface area contributed by atoms with Gasteiger partial charge >= 0.3 is 0 Å². The van der Waals surface area contributed by atoms with Gasteiger partial charge in [-0.05, 0) is 74.1 Å². The van der Waals surface area contributed by atoms with Gasteiger partial charge in [0.2, 0.25) is 0 Å². The summed E-state index contributed by atoms with van der Waals surface area (Å²) in [5, 5.41) is 0. The van der Waals surface area contributed by atoms with Crippen molar-refractivity contribution in [2.24, 2.45) is 0 Å². The molecule has 3 heteroatoms. The van der Waals surface area contributed by atoms with Gasteiger partial charge in [-0.15, -0.1) is 0 Å². The van der Waals surface area contributed by atoms with Crippen LogP contribution in [-0.4, -0.2) is 20.7 Å². The lowest BCUT2D eigenvalue weighted by atomic mass is 9.83. The van der Waals surface area contributed by atoms with Gasteiger partial charge in [0.15, 0.2) is 11.6 Å². The number of fused-ring (bicyclic) bond motifs is 1. The van der Waals surface area contributed by atoms with Crippen molar-refractivity contribution in [2.45, 2.75) is 41.0 Å². The first-order chi connectivity index (χ1) is 14.3. The molecule has 1 aliphatic heterocycles. The number of anilines is 1. The lowest BCUT2D eigenvalue weighted by Crippen LogP contribution is -2.27. The lowest BCUT2D eigenvalue weighted by Gasteiger charge is -2.33. The van der Waals surface area contributed by atoms with Gasteiger partial charge in [0, 0.05) is 30.4 Å². The molecule has 0 N–H and O–H groups in total. The van der Waals surface area contributed by atoms with Gasteiger partial charge in [-0.1, -0.05) is 42.8 Å². The van der Waals surface area contributed by atoms with Crippen LogP contribution in [0.25, 0.3) is 17.2 Å². The fourth-order valence-corrected chi connectivity index (χ4v) is 4.52. The zero-order valence-electron chi connectivity index (χ0n) is 19.2. The minimum Gasteiger partial charge on any atom is -0.494 e. The molecule has 0 aliphatic carbocycles. The SMILES string of the molecule is C/C=C\C(OC)=C(\F)C1=Cc2c(C)c(-c3ccc(C)cc3)c(CC)c(C)c2N(C)C1. The van der Waals surface area contributed by atoms with E-state index in [0.29, 0.717) is 12.1 Å². The zero-order chi connectivity index (χ0) is 22.0. The Morgan fingerprint density at radius 3 is 2.37 bits per heavy atom. The number of ether oxygens (including phenoxy) is 1. The molecule has 0 saturated carbocycles. The van der Waals surface area contributed by atoms with E-state index in [-0.39, 0.29) is 11.6 Å². The number of aryl methyl sites for hydroxylation is 1. The van der Waals surface area contributed by atoms with Crippen molar-refractivity contribution < 1.29 is 9.13 Å². The van der Waals surface area contributed by atoms with Gasteiger partial charge in [0.1, 0.15) is 0 Å². The van der Waals surface area contributed by atoms with E-state index in [4.69, 9.17) is 4.74 Å². The molecule has 1 aliphatic rings. The van der Waals surface area contributed by atoms with Crippen LogP contribution in [0.15, 0.2) is 53.6 Å². The molecule has 30 heavy (non-hydrogen) atoms. The van der Waals surface area contributed by atoms with Crippen molar-refractivity contribution in [3.63, 3.8) is 0 Å². The van der Waals surface area contributed by atoms with Gasteiger partial charge < -0.3 is 9.64 Å².